The van der Waals surface area contributed by atoms with Gasteiger partial charge >= 0.3 is 0 Å². The third-order valence-corrected chi connectivity index (χ3v) is 5.77. The van der Waals surface area contributed by atoms with Crippen LogP contribution in [0.1, 0.15) is 37.4 Å². The summed E-state index contributed by atoms with van der Waals surface area (Å²) in [6, 6.07) is 0.288. The molecule has 1 saturated heterocycles. The molecule has 2 unspecified atom stereocenters. The van der Waals surface area contributed by atoms with Crippen LogP contribution in [0.4, 0.5) is 0 Å². The third-order valence-electron chi connectivity index (χ3n) is 5.22. The minimum Gasteiger partial charge on any atom is -0.394 e. The van der Waals surface area contributed by atoms with Gasteiger partial charge in [-0.15, -0.1) is 0 Å². The van der Waals surface area contributed by atoms with Crippen molar-refractivity contribution in [3.05, 3.63) is 11.7 Å². The van der Waals surface area contributed by atoms with E-state index in [0.29, 0.717) is 19.0 Å². The van der Waals surface area contributed by atoms with Crippen LogP contribution in [0, 0.1) is 0 Å². The molecule has 0 aromatic carbocycles. The Labute approximate surface area is 147 Å². The zero-order valence-corrected chi connectivity index (χ0v) is 15.3. The van der Waals surface area contributed by atoms with Crippen LogP contribution >= 0.6 is 11.8 Å². The molecule has 1 saturated carbocycles. The van der Waals surface area contributed by atoms with Gasteiger partial charge in [-0.25, -0.2) is 0 Å². The highest BCUT2D eigenvalue weighted by Gasteiger charge is 2.51. The zero-order valence-electron chi connectivity index (χ0n) is 14.4. The summed E-state index contributed by atoms with van der Waals surface area (Å²) in [6.07, 6.45) is 6.12. The van der Waals surface area contributed by atoms with Gasteiger partial charge in [0, 0.05) is 19.7 Å². The van der Waals surface area contributed by atoms with E-state index in [1.807, 2.05) is 13.4 Å². The van der Waals surface area contributed by atoms with E-state index in [9.17, 15) is 0 Å². The summed E-state index contributed by atoms with van der Waals surface area (Å²) in [5.74, 6) is 2.19. The normalized spacial score (nSPS) is 30.6. The Balaban J connectivity index is 1.66. The molecular weight excluding hydrogens is 330 g/mol. The Hall–Kier alpha value is -0.670. The smallest absolute Gasteiger partial charge is 0.240 e. The number of hydrogen-bond donors (Lipinski definition) is 1. The van der Waals surface area contributed by atoms with Crippen LogP contribution in [-0.4, -0.2) is 71.0 Å². The van der Waals surface area contributed by atoms with Gasteiger partial charge in [0.2, 0.25) is 5.89 Å². The van der Waals surface area contributed by atoms with Crippen molar-refractivity contribution in [3.8, 4) is 0 Å². The summed E-state index contributed by atoms with van der Waals surface area (Å²) in [7, 11) is 1.81. The molecule has 2 aliphatic rings. The van der Waals surface area contributed by atoms with E-state index < -0.39 is 0 Å². The van der Waals surface area contributed by atoms with Gasteiger partial charge in [0.1, 0.15) is 0 Å². The Morgan fingerprint density at radius 2 is 2.33 bits per heavy atom. The van der Waals surface area contributed by atoms with E-state index in [0.717, 1.165) is 43.8 Å². The van der Waals surface area contributed by atoms with Gasteiger partial charge in [0.25, 0.3) is 0 Å². The molecule has 3 atom stereocenters. The molecule has 2 heterocycles. The summed E-state index contributed by atoms with van der Waals surface area (Å²) >= 11 is 1.68. The lowest BCUT2D eigenvalue weighted by Crippen LogP contribution is -2.51. The van der Waals surface area contributed by atoms with E-state index in [1.54, 1.807) is 11.8 Å². The van der Waals surface area contributed by atoms with Crippen LogP contribution in [0.5, 0.6) is 0 Å². The van der Waals surface area contributed by atoms with Crippen LogP contribution in [0.15, 0.2) is 4.52 Å². The number of aliphatic hydroxyl groups excluding tert-OH is 1. The molecule has 8 heteroatoms. The Morgan fingerprint density at radius 1 is 1.46 bits per heavy atom. The van der Waals surface area contributed by atoms with Gasteiger partial charge in [0.05, 0.1) is 37.2 Å². The highest BCUT2D eigenvalue weighted by Crippen LogP contribution is 2.43. The maximum Gasteiger partial charge on any atom is 0.240 e. The van der Waals surface area contributed by atoms with E-state index in [4.69, 9.17) is 19.1 Å². The molecule has 0 bridgehead atoms. The molecule has 0 spiro atoms. The molecule has 0 amide bonds. The van der Waals surface area contributed by atoms with Crippen LogP contribution in [0.2, 0.25) is 0 Å². The van der Waals surface area contributed by atoms with Crippen molar-refractivity contribution in [2.45, 2.75) is 55.7 Å². The van der Waals surface area contributed by atoms with E-state index in [-0.39, 0.29) is 24.4 Å². The number of rotatable bonds is 8. The lowest BCUT2D eigenvalue weighted by Gasteiger charge is -2.43. The second-order valence-electron chi connectivity index (χ2n) is 6.53. The molecule has 3 rings (SSSR count). The molecule has 1 N–H and O–H groups in total. The highest BCUT2D eigenvalue weighted by molar-refractivity contribution is 7.97. The fourth-order valence-corrected chi connectivity index (χ4v) is 4.41. The molecule has 1 aromatic rings. The van der Waals surface area contributed by atoms with Crippen molar-refractivity contribution in [2.24, 2.45) is 0 Å². The number of ether oxygens (including phenoxy) is 2. The standard InChI is InChI=1S/C16H27N3O4S/c1-21-16-4-3-12(22-8-7-20)9-13(16)19(6-5-16)10-15-17-14(11-24-2)18-23-15/h12-13,20H,3-11H2,1-2H3/t12?,13?,16-/m1/s1. The van der Waals surface area contributed by atoms with Crippen molar-refractivity contribution in [2.75, 3.05) is 33.1 Å². The molecule has 2 fully saturated rings. The summed E-state index contributed by atoms with van der Waals surface area (Å²) in [5, 5.41) is 13.0. The fourth-order valence-electron chi connectivity index (χ4n) is 4.03. The van der Waals surface area contributed by atoms with Crippen LogP contribution < -0.4 is 0 Å². The average molecular weight is 357 g/mol. The zero-order chi connectivity index (χ0) is 17.0. The SMILES string of the molecule is CO[C@@]12CCC(OCCO)CC1N(Cc1nc(CSC)no1)CC2. The van der Waals surface area contributed by atoms with E-state index in [2.05, 4.69) is 15.0 Å². The molecule has 1 aliphatic carbocycles. The van der Waals surface area contributed by atoms with Gasteiger partial charge < -0.3 is 19.1 Å². The minimum absolute atomic E-state index is 0.0699. The number of nitrogens with zero attached hydrogens (tertiary/aromatic N) is 3. The minimum atomic E-state index is -0.0960. The molecule has 1 aromatic heterocycles. The van der Waals surface area contributed by atoms with Crippen LogP contribution in [-0.2, 0) is 21.8 Å². The fraction of sp³-hybridized carbons (Fsp3) is 0.875. The van der Waals surface area contributed by atoms with Gasteiger partial charge in [-0.3, -0.25) is 4.90 Å². The Kier molecular flexibility index (Phi) is 6.15. The van der Waals surface area contributed by atoms with E-state index >= 15 is 0 Å². The number of hydrogen-bond acceptors (Lipinski definition) is 8. The maximum atomic E-state index is 8.98. The molecule has 7 nitrogen and oxygen atoms in total. The Bertz CT molecular complexity index is 529. The van der Waals surface area contributed by atoms with Crippen molar-refractivity contribution in [3.63, 3.8) is 0 Å². The lowest BCUT2D eigenvalue weighted by molar-refractivity contribution is -0.105. The second-order valence-corrected chi connectivity index (χ2v) is 7.40. The van der Waals surface area contributed by atoms with Gasteiger partial charge in [-0.2, -0.15) is 16.7 Å². The summed E-state index contributed by atoms with van der Waals surface area (Å²) < 4.78 is 17.1. The van der Waals surface area contributed by atoms with Crippen LogP contribution in [0.3, 0.4) is 0 Å². The van der Waals surface area contributed by atoms with Crippen molar-refractivity contribution < 1.29 is 19.1 Å². The largest absolute Gasteiger partial charge is 0.394 e. The molecule has 0 radical (unpaired) electrons. The van der Waals surface area contributed by atoms with Gasteiger partial charge in [0.15, 0.2) is 5.82 Å². The molecule has 136 valence electrons. The van der Waals surface area contributed by atoms with Crippen molar-refractivity contribution in [1.29, 1.82) is 0 Å². The van der Waals surface area contributed by atoms with E-state index in [1.165, 1.54) is 0 Å². The number of methoxy groups -OCH3 is 1. The Morgan fingerprint density at radius 3 is 3.08 bits per heavy atom. The first kappa shape index (κ1) is 18.1. The van der Waals surface area contributed by atoms with Gasteiger partial charge in [-0.1, -0.05) is 5.16 Å². The quantitative estimate of drug-likeness (QED) is 0.749. The first-order valence-electron chi connectivity index (χ1n) is 8.53. The topological polar surface area (TPSA) is 80.9 Å². The molecular formula is C16H27N3O4S. The molecule has 24 heavy (non-hydrogen) atoms. The highest BCUT2D eigenvalue weighted by atomic mass is 32.2. The van der Waals surface area contributed by atoms with Crippen LogP contribution in [0.25, 0.3) is 0 Å². The predicted molar refractivity (Wildman–Crippen MR) is 90.7 cm³/mol. The monoisotopic (exact) mass is 357 g/mol. The number of thioether (sulfide) groups is 1. The second kappa shape index (κ2) is 8.14. The van der Waals surface area contributed by atoms with Crippen molar-refractivity contribution in [1.82, 2.24) is 15.0 Å². The number of fused-ring (bicyclic) bond motifs is 1. The first-order valence-corrected chi connectivity index (χ1v) is 9.92. The predicted octanol–water partition coefficient (Wildman–Crippen LogP) is 1.45. The number of likely N-dealkylation sites (tertiary alicyclic amines) is 1. The van der Waals surface area contributed by atoms with Crippen molar-refractivity contribution >= 4 is 11.8 Å². The number of aliphatic hydroxyl groups is 1. The van der Waals surface area contributed by atoms with Gasteiger partial charge in [-0.05, 0) is 31.9 Å². The maximum absolute atomic E-state index is 8.98. The summed E-state index contributed by atoms with van der Waals surface area (Å²) in [4.78, 5) is 6.86. The molecule has 1 aliphatic heterocycles. The third kappa shape index (κ3) is 3.77. The lowest BCUT2D eigenvalue weighted by atomic mass is 9.79. The summed E-state index contributed by atoms with van der Waals surface area (Å²) in [6.45, 7) is 2.09. The average Bonchev–Trinajstić information content (AvgIpc) is 3.19. The first-order chi connectivity index (χ1) is 11.7. The number of aromatic nitrogens is 2. The summed E-state index contributed by atoms with van der Waals surface area (Å²) in [5.41, 5.74) is -0.0960.